The third-order valence-electron chi connectivity index (χ3n) is 3.72. The Kier molecular flexibility index (Phi) is 2.97. The van der Waals surface area contributed by atoms with Crippen LogP contribution in [0.3, 0.4) is 0 Å². The lowest BCUT2D eigenvalue weighted by atomic mass is 9.99. The summed E-state index contributed by atoms with van der Waals surface area (Å²) in [6.07, 6.45) is 3.88. The zero-order chi connectivity index (χ0) is 11.8. The summed E-state index contributed by atoms with van der Waals surface area (Å²) in [5, 5.41) is 4.94. The van der Waals surface area contributed by atoms with Crippen molar-refractivity contribution < 1.29 is 0 Å². The van der Waals surface area contributed by atoms with Gasteiger partial charge in [0.1, 0.15) is 0 Å². The topological polar surface area (TPSA) is 27.8 Å². The molecule has 3 heteroatoms. The van der Waals surface area contributed by atoms with E-state index in [2.05, 4.69) is 51.4 Å². The molecule has 0 bridgehead atoms. The van der Waals surface area contributed by atoms with Crippen LogP contribution in [0.5, 0.6) is 0 Å². The Morgan fingerprint density at radius 2 is 2.18 bits per heavy atom. The van der Waals surface area contributed by atoms with Crippen LogP contribution in [0.25, 0.3) is 10.9 Å². The van der Waals surface area contributed by atoms with E-state index < -0.39 is 0 Å². The molecule has 0 amide bonds. The highest BCUT2D eigenvalue weighted by Crippen LogP contribution is 2.31. The molecule has 1 fully saturated rings. The molecule has 0 aliphatic carbocycles. The lowest BCUT2D eigenvalue weighted by Gasteiger charge is -2.23. The van der Waals surface area contributed by atoms with Gasteiger partial charge in [-0.25, -0.2) is 0 Å². The highest BCUT2D eigenvalue weighted by molar-refractivity contribution is 9.10. The number of rotatable bonds is 1. The summed E-state index contributed by atoms with van der Waals surface area (Å²) < 4.78 is 1.15. The first-order valence-electron chi connectivity index (χ1n) is 6.27. The van der Waals surface area contributed by atoms with Crippen LogP contribution in [-0.2, 0) is 0 Å². The highest BCUT2D eigenvalue weighted by Gasteiger charge is 2.19. The molecule has 2 heterocycles. The largest absolute Gasteiger partial charge is 0.357 e. The summed E-state index contributed by atoms with van der Waals surface area (Å²) in [6, 6.07) is 6.96. The number of aromatic nitrogens is 1. The molecule has 2 N–H and O–H groups in total. The van der Waals surface area contributed by atoms with Crippen molar-refractivity contribution in [2.45, 2.75) is 32.2 Å². The SMILES string of the molecule is Cc1c(C2CCCCN2)[nH]c2ccc(Br)cc12. The fraction of sp³-hybridized carbons (Fsp3) is 0.429. The molecule has 0 saturated carbocycles. The summed E-state index contributed by atoms with van der Waals surface area (Å²) in [6.45, 7) is 3.36. The quantitative estimate of drug-likeness (QED) is 0.815. The monoisotopic (exact) mass is 292 g/mol. The molecular weight excluding hydrogens is 276 g/mol. The molecule has 1 atom stereocenters. The van der Waals surface area contributed by atoms with Crippen molar-refractivity contribution in [2.24, 2.45) is 0 Å². The first-order chi connectivity index (χ1) is 8.25. The smallest absolute Gasteiger partial charge is 0.0475 e. The zero-order valence-corrected chi connectivity index (χ0v) is 11.6. The number of piperidine rings is 1. The van der Waals surface area contributed by atoms with Crippen LogP contribution in [-0.4, -0.2) is 11.5 Å². The van der Waals surface area contributed by atoms with Crippen molar-refractivity contribution in [3.8, 4) is 0 Å². The summed E-state index contributed by atoms with van der Waals surface area (Å²) in [5.74, 6) is 0. The normalized spacial score (nSPS) is 20.9. The predicted octanol–water partition coefficient (Wildman–Crippen LogP) is 4.05. The van der Waals surface area contributed by atoms with Gasteiger partial charge >= 0.3 is 0 Å². The maximum absolute atomic E-state index is 3.61. The molecule has 1 aliphatic heterocycles. The van der Waals surface area contributed by atoms with Crippen molar-refractivity contribution in [3.05, 3.63) is 33.9 Å². The van der Waals surface area contributed by atoms with Gasteiger partial charge in [-0.1, -0.05) is 22.4 Å². The van der Waals surface area contributed by atoms with Gasteiger partial charge in [-0.05, 0) is 50.1 Å². The van der Waals surface area contributed by atoms with E-state index in [1.807, 2.05) is 0 Å². The number of benzene rings is 1. The number of halogens is 1. The van der Waals surface area contributed by atoms with Gasteiger partial charge in [0, 0.05) is 27.1 Å². The Morgan fingerprint density at radius 1 is 1.29 bits per heavy atom. The molecule has 1 saturated heterocycles. The van der Waals surface area contributed by atoms with Crippen molar-refractivity contribution in [1.29, 1.82) is 0 Å². The van der Waals surface area contributed by atoms with Gasteiger partial charge in [0.25, 0.3) is 0 Å². The van der Waals surface area contributed by atoms with Gasteiger partial charge in [-0.3, -0.25) is 0 Å². The number of H-pyrrole nitrogens is 1. The molecule has 0 radical (unpaired) electrons. The van der Waals surface area contributed by atoms with Crippen molar-refractivity contribution in [1.82, 2.24) is 10.3 Å². The zero-order valence-electron chi connectivity index (χ0n) is 10.0. The van der Waals surface area contributed by atoms with E-state index in [9.17, 15) is 0 Å². The van der Waals surface area contributed by atoms with Crippen LogP contribution in [0, 0.1) is 6.92 Å². The molecule has 1 aromatic carbocycles. The summed E-state index contributed by atoms with van der Waals surface area (Å²) >= 11 is 3.54. The van der Waals surface area contributed by atoms with Gasteiger partial charge in [-0.15, -0.1) is 0 Å². The maximum Gasteiger partial charge on any atom is 0.0475 e. The second kappa shape index (κ2) is 4.46. The molecule has 2 nitrogen and oxygen atoms in total. The van der Waals surface area contributed by atoms with E-state index in [-0.39, 0.29) is 0 Å². The number of hydrogen-bond donors (Lipinski definition) is 2. The standard InChI is InChI=1S/C14H17BrN2/c1-9-11-8-10(15)5-6-12(11)17-14(9)13-4-2-3-7-16-13/h5-6,8,13,16-17H,2-4,7H2,1H3. The average molecular weight is 293 g/mol. The summed E-state index contributed by atoms with van der Waals surface area (Å²) in [7, 11) is 0. The lowest BCUT2D eigenvalue weighted by Crippen LogP contribution is -2.27. The van der Waals surface area contributed by atoms with Crippen molar-refractivity contribution >= 4 is 26.8 Å². The van der Waals surface area contributed by atoms with Crippen LogP contribution < -0.4 is 5.32 Å². The first kappa shape index (κ1) is 11.3. The molecule has 0 spiro atoms. The second-order valence-electron chi connectivity index (χ2n) is 4.86. The fourth-order valence-electron chi connectivity index (χ4n) is 2.77. The molecule has 17 heavy (non-hydrogen) atoms. The number of hydrogen-bond acceptors (Lipinski definition) is 1. The Labute approximate surface area is 110 Å². The number of fused-ring (bicyclic) bond motifs is 1. The van der Waals surface area contributed by atoms with Crippen LogP contribution in [0.15, 0.2) is 22.7 Å². The highest BCUT2D eigenvalue weighted by atomic mass is 79.9. The first-order valence-corrected chi connectivity index (χ1v) is 7.06. The number of aryl methyl sites for hydroxylation is 1. The van der Waals surface area contributed by atoms with Crippen LogP contribution in [0.4, 0.5) is 0 Å². The van der Waals surface area contributed by atoms with Crippen molar-refractivity contribution in [3.63, 3.8) is 0 Å². The van der Waals surface area contributed by atoms with Gasteiger partial charge in [0.15, 0.2) is 0 Å². The van der Waals surface area contributed by atoms with Crippen LogP contribution in [0.1, 0.15) is 36.6 Å². The third kappa shape index (κ3) is 2.02. The molecular formula is C14H17BrN2. The number of aromatic amines is 1. The van der Waals surface area contributed by atoms with Crippen LogP contribution >= 0.6 is 15.9 Å². The predicted molar refractivity (Wildman–Crippen MR) is 75.3 cm³/mol. The third-order valence-corrected chi connectivity index (χ3v) is 4.21. The van der Waals surface area contributed by atoms with E-state index in [1.54, 1.807) is 0 Å². The fourth-order valence-corrected chi connectivity index (χ4v) is 3.13. The van der Waals surface area contributed by atoms with E-state index >= 15 is 0 Å². The number of nitrogens with one attached hydrogen (secondary N) is 2. The second-order valence-corrected chi connectivity index (χ2v) is 5.77. The minimum atomic E-state index is 0.509. The summed E-state index contributed by atoms with van der Waals surface area (Å²) in [4.78, 5) is 3.58. The van der Waals surface area contributed by atoms with Gasteiger partial charge in [0.05, 0.1) is 0 Å². The average Bonchev–Trinajstić information content (AvgIpc) is 2.68. The van der Waals surface area contributed by atoms with Crippen molar-refractivity contribution in [2.75, 3.05) is 6.54 Å². The lowest BCUT2D eigenvalue weighted by molar-refractivity contribution is 0.405. The molecule has 90 valence electrons. The Hall–Kier alpha value is -0.800. The molecule has 1 unspecified atom stereocenters. The Bertz CT molecular complexity index is 538. The van der Waals surface area contributed by atoms with E-state index in [1.165, 1.54) is 41.4 Å². The minimum Gasteiger partial charge on any atom is -0.357 e. The van der Waals surface area contributed by atoms with E-state index in [0.29, 0.717) is 6.04 Å². The van der Waals surface area contributed by atoms with E-state index in [4.69, 9.17) is 0 Å². The Balaban J connectivity index is 2.07. The molecule has 2 aromatic rings. The molecule has 1 aromatic heterocycles. The summed E-state index contributed by atoms with van der Waals surface area (Å²) in [5.41, 5.74) is 4.01. The van der Waals surface area contributed by atoms with Gasteiger partial charge in [-0.2, -0.15) is 0 Å². The van der Waals surface area contributed by atoms with Gasteiger partial charge < -0.3 is 10.3 Å². The van der Waals surface area contributed by atoms with E-state index in [0.717, 1.165) is 11.0 Å². The van der Waals surface area contributed by atoms with Gasteiger partial charge in [0.2, 0.25) is 0 Å². The van der Waals surface area contributed by atoms with Crippen LogP contribution in [0.2, 0.25) is 0 Å². The minimum absolute atomic E-state index is 0.509. The Morgan fingerprint density at radius 3 is 2.94 bits per heavy atom. The molecule has 3 rings (SSSR count). The molecule has 1 aliphatic rings. The maximum atomic E-state index is 3.61.